The number of rotatable bonds is 12. The third kappa shape index (κ3) is 7.07. The molecular formula is C41H37BrN3O7PS. The first-order chi connectivity index (χ1) is 26.1. The van der Waals surface area contributed by atoms with Crippen LogP contribution >= 0.6 is 23.2 Å². The number of esters is 1. The van der Waals surface area contributed by atoms with Crippen LogP contribution in [0, 0.1) is 10.1 Å². The SMILES string of the molecule is O=C(Cc1ccccc1)N[C@@]1(C(=O)OCc2ccc([N+](=O)[O-])cc2)C(=O)N2CC(Br)(C[PH](c3ccccc3)(c3ccccc3)c3ccccc3)C[S@+]([O-])[C@@H]21. The van der Waals surface area contributed by atoms with Gasteiger partial charge in [0.2, 0.25) is 0 Å². The van der Waals surface area contributed by atoms with E-state index in [0.717, 1.165) is 15.9 Å². The molecular weight excluding hydrogens is 789 g/mol. The van der Waals surface area contributed by atoms with Gasteiger partial charge in [0.1, 0.15) is 0 Å². The molecule has 0 aromatic heterocycles. The summed E-state index contributed by atoms with van der Waals surface area (Å²) in [5.74, 6) is -2.25. The van der Waals surface area contributed by atoms with Gasteiger partial charge in [-0.25, -0.2) is 0 Å². The van der Waals surface area contributed by atoms with Crippen molar-refractivity contribution in [3.8, 4) is 0 Å². The second-order valence-electron chi connectivity index (χ2n) is 13.7. The number of benzene rings is 5. The molecule has 2 aliphatic rings. The minimum absolute atomic E-state index is 0.0919. The number of alkyl halides is 1. The molecule has 2 amide bonds. The van der Waals surface area contributed by atoms with Crippen molar-refractivity contribution < 1.29 is 28.6 Å². The molecule has 5 aromatic carbocycles. The number of hydrogen-bond donors (Lipinski definition) is 1. The van der Waals surface area contributed by atoms with Crippen LogP contribution in [0.3, 0.4) is 0 Å². The Morgan fingerprint density at radius 1 is 0.815 bits per heavy atom. The Balaban J connectivity index is 1.22. The summed E-state index contributed by atoms with van der Waals surface area (Å²) in [5, 5.41) is 16.1. The molecule has 2 fully saturated rings. The zero-order valence-electron chi connectivity index (χ0n) is 29.0. The average Bonchev–Trinajstić information content (AvgIpc) is 3.19. The molecule has 0 bridgehead atoms. The van der Waals surface area contributed by atoms with Crippen molar-refractivity contribution in [3.63, 3.8) is 0 Å². The van der Waals surface area contributed by atoms with E-state index >= 15 is 0 Å². The fourth-order valence-electron chi connectivity index (χ4n) is 7.72. The van der Waals surface area contributed by atoms with Gasteiger partial charge in [0.15, 0.2) is 0 Å². The maximum absolute atomic E-state index is 14.6. The Kier molecular flexibility index (Phi) is 10.7. The van der Waals surface area contributed by atoms with E-state index < -0.39 is 56.4 Å². The molecule has 2 saturated heterocycles. The van der Waals surface area contributed by atoms with Gasteiger partial charge < -0.3 is 0 Å². The normalized spacial score (nSPS) is 22.3. The number of hydrogen-bond acceptors (Lipinski definition) is 7. The van der Waals surface area contributed by atoms with Crippen LogP contribution in [0.25, 0.3) is 0 Å². The van der Waals surface area contributed by atoms with E-state index in [2.05, 4.69) is 57.6 Å². The van der Waals surface area contributed by atoms with Crippen molar-refractivity contribution in [2.45, 2.75) is 28.3 Å². The Bertz CT molecular complexity index is 2060. The summed E-state index contributed by atoms with van der Waals surface area (Å²) in [4.78, 5) is 54.2. The number of nitrogens with zero attached hydrogens (tertiary/aromatic N) is 2. The van der Waals surface area contributed by atoms with Crippen molar-refractivity contribution in [2.75, 3.05) is 18.5 Å². The Labute approximate surface area is 324 Å². The predicted octanol–water partition coefficient (Wildman–Crippen LogP) is 4.53. The van der Waals surface area contributed by atoms with Gasteiger partial charge in [-0.15, -0.1) is 0 Å². The topological polar surface area (TPSA) is 142 Å². The number of non-ortho nitro benzene ring substituents is 1. The first kappa shape index (κ1) is 37.4. The van der Waals surface area contributed by atoms with E-state index in [9.17, 15) is 29.1 Å². The molecule has 13 heteroatoms. The van der Waals surface area contributed by atoms with Crippen LogP contribution in [0.1, 0.15) is 11.1 Å². The number of nitrogens with one attached hydrogen (secondary N) is 1. The maximum atomic E-state index is 14.6. The van der Waals surface area contributed by atoms with Crippen molar-refractivity contribution in [2.24, 2.45) is 0 Å². The number of amides is 2. The van der Waals surface area contributed by atoms with E-state index in [4.69, 9.17) is 4.74 Å². The van der Waals surface area contributed by atoms with Gasteiger partial charge in [-0.2, -0.15) is 0 Å². The summed E-state index contributed by atoms with van der Waals surface area (Å²) in [5.41, 5.74) is -1.24. The van der Waals surface area contributed by atoms with Crippen molar-refractivity contribution >= 4 is 73.8 Å². The zero-order valence-corrected chi connectivity index (χ0v) is 32.4. The van der Waals surface area contributed by atoms with Gasteiger partial charge in [0, 0.05) is 0 Å². The van der Waals surface area contributed by atoms with Crippen LogP contribution in [-0.2, 0) is 43.3 Å². The minimum atomic E-state index is -2.87. The van der Waals surface area contributed by atoms with E-state index in [1.54, 1.807) is 24.3 Å². The van der Waals surface area contributed by atoms with Crippen molar-refractivity contribution in [1.82, 2.24) is 10.2 Å². The molecule has 7 rings (SSSR count). The summed E-state index contributed by atoms with van der Waals surface area (Å²) < 4.78 is 19.4. The Hall–Kier alpha value is -4.87. The fraction of sp³-hybridized carbons (Fsp3) is 0.195. The third-order valence-corrected chi connectivity index (χ3v) is 18.9. The average molecular weight is 827 g/mol. The van der Waals surface area contributed by atoms with Crippen LogP contribution in [-0.4, -0.2) is 65.9 Å². The van der Waals surface area contributed by atoms with Crippen LogP contribution in [0.5, 0.6) is 0 Å². The van der Waals surface area contributed by atoms with Crippen LogP contribution in [0.2, 0.25) is 0 Å². The molecule has 276 valence electrons. The van der Waals surface area contributed by atoms with Gasteiger partial charge in [-0.1, -0.05) is 6.07 Å². The van der Waals surface area contributed by atoms with Crippen LogP contribution < -0.4 is 21.2 Å². The summed E-state index contributed by atoms with van der Waals surface area (Å²) in [7, 11) is -2.87. The predicted molar refractivity (Wildman–Crippen MR) is 215 cm³/mol. The van der Waals surface area contributed by atoms with E-state index in [-0.39, 0.29) is 31.0 Å². The number of carbonyl (C=O) groups is 3. The summed E-state index contributed by atoms with van der Waals surface area (Å²) in [6, 6.07) is 45.2. The number of nitro benzene ring substituents is 1. The number of carbonyl (C=O) groups excluding carboxylic acids is 3. The van der Waals surface area contributed by atoms with Gasteiger partial charge in [0.05, 0.1) is 4.92 Å². The Morgan fingerprint density at radius 2 is 1.31 bits per heavy atom. The quantitative estimate of drug-likeness (QED) is 0.0285. The number of ether oxygens (including phenoxy) is 1. The van der Waals surface area contributed by atoms with Gasteiger partial charge in [0.25, 0.3) is 5.69 Å². The molecule has 2 aliphatic heterocycles. The molecule has 0 radical (unpaired) electrons. The van der Waals surface area contributed by atoms with Gasteiger partial charge in [-0.05, 0) is 0 Å². The molecule has 2 heterocycles. The summed E-state index contributed by atoms with van der Waals surface area (Å²) in [6.45, 7) is -0.184. The standard InChI is InChI=1S/C41H37BrN3O7PS/c42-40(28-53(33-15-7-2-8-16-33,34-17-9-3-10-18-34)35-19-11-4-12-20-35)27-44-37(47)41(38(44)54(51)29-40,43-36(46)25-30-13-5-1-6-14-30)39(48)52-26-31-21-23-32(24-22-31)45(49)50/h1-24,38,53H,25-29H2,(H,43,46)/t38-,40?,41+,54+/m1/s1. The van der Waals surface area contributed by atoms with E-state index in [1.807, 2.05) is 60.7 Å². The molecule has 0 aliphatic carbocycles. The molecule has 1 N–H and O–H groups in total. The monoisotopic (exact) mass is 825 g/mol. The fourth-order valence-corrected chi connectivity index (χ4v) is 17.2. The first-order valence-electron chi connectivity index (χ1n) is 17.3. The van der Waals surface area contributed by atoms with Crippen molar-refractivity contribution in [3.05, 3.63) is 167 Å². The van der Waals surface area contributed by atoms with E-state index in [1.165, 1.54) is 29.2 Å². The molecule has 10 nitrogen and oxygen atoms in total. The molecule has 1 unspecified atom stereocenters. The number of nitro groups is 1. The summed E-state index contributed by atoms with van der Waals surface area (Å²) >= 11 is 2.20. The van der Waals surface area contributed by atoms with Crippen LogP contribution in [0.4, 0.5) is 5.69 Å². The number of halogens is 1. The molecule has 5 aromatic rings. The van der Waals surface area contributed by atoms with E-state index in [0.29, 0.717) is 17.3 Å². The van der Waals surface area contributed by atoms with Gasteiger partial charge >= 0.3 is 299 Å². The molecule has 0 saturated carbocycles. The van der Waals surface area contributed by atoms with Gasteiger partial charge in [-0.3, -0.25) is 10.1 Å². The number of fused-ring (bicyclic) bond motifs is 1. The second-order valence-corrected chi connectivity index (χ2v) is 20.7. The van der Waals surface area contributed by atoms with Crippen molar-refractivity contribution in [1.29, 1.82) is 0 Å². The molecule has 0 spiro atoms. The first-order valence-corrected chi connectivity index (χ1v) is 21.7. The molecule has 54 heavy (non-hydrogen) atoms. The number of β-lactam (4-membered cyclic amide) rings is 1. The Morgan fingerprint density at radius 3 is 1.81 bits per heavy atom. The third-order valence-electron chi connectivity index (χ3n) is 10.1. The summed E-state index contributed by atoms with van der Waals surface area (Å²) in [6.07, 6.45) is 0.421. The zero-order chi connectivity index (χ0) is 37.9. The van der Waals surface area contributed by atoms with Crippen LogP contribution in [0.15, 0.2) is 146 Å². The second kappa shape index (κ2) is 15.5. The molecule has 4 atom stereocenters.